The van der Waals surface area contributed by atoms with Crippen LogP contribution in [0.4, 0.5) is 0 Å². The van der Waals surface area contributed by atoms with Crippen LogP contribution in [0.25, 0.3) is 119 Å². The van der Waals surface area contributed by atoms with Gasteiger partial charge in [-0.3, -0.25) is 4.57 Å². The van der Waals surface area contributed by atoms with Crippen molar-refractivity contribution in [1.82, 2.24) is 29.1 Å². The van der Waals surface area contributed by atoms with Crippen molar-refractivity contribution in [2.24, 2.45) is 0 Å². The van der Waals surface area contributed by atoms with E-state index in [9.17, 15) is 0 Å². The lowest BCUT2D eigenvalue weighted by atomic mass is 10.1. The van der Waals surface area contributed by atoms with Crippen LogP contribution >= 0.6 is 22.7 Å². The maximum atomic E-state index is 5.47. The molecule has 0 amide bonds. The number of hydrogen-bond donors (Lipinski definition) is 0. The second kappa shape index (κ2) is 13.0. The number of rotatable bonds is 5. The summed E-state index contributed by atoms with van der Waals surface area (Å²) in [6.07, 6.45) is 0. The van der Waals surface area contributed by atoms with Crippen LogP contribution < -0.4 is 0 Å². The predicted molar refractivity (Wildman–Crippen MR) is 251 cm³/mol. The summed E-state index contributed by atoms with van der Waals surface area (Å²) in [5.74, 6) is 1.82. The smallest absolute Gasteiger partial charge is 0.238 e. The van der Waals surface area contributed by atoms with E-state index in [-0.39, 0.29) is 0 Å². The van der Waals surface area contributed by atoms with Crippen molar-refractivity contribution < 1.29 is 0 Å². The molecule has 0 fully saturated rings. The van der Waals surface area contributed by atoms with Gasteiger partial charge in [0.25, 0.3) is 0 Å². The van der Waals surface area contributed by atoms with Gasteiger partial charge in [-0.25, -0.2) is 9.97 Å². The SMILES string of the molecule is c1ccc(-c2nc(-c3cccc4sc5ccccc5c34)nc(-n3c4ccccc4c4ccc5c6ccccc6n(-c6ccc(-c7nc8ccccc8s7)cc6)c5c43)n2)cc1. The minimum Gasteiger partial charge on any atom is -0.307 e. The molecular formula is C52H30N6S2. The molecule has 0 aliphatic rings. The normalized spacial score (nSPS) is 12.0. The van der Waals surface area contributed by atoms with Crippen molar-refractivity contribution in [3.05, 3.63) is 182 Å². The third kappa shape index (κ3) is 4.98. The molecule has 5 heterocycles. The van der Waals surface area contributed by atoms with Gasteiger partial charge in [0, 0.05) is 64.1 Å². The standard InChI is InChI=1S/C52H30N6S2/c1-2-13-31(14-3-1)49-54-50(39-18-12-24-45-46(39)38-17-6-10-22-43(38)59-45)56-52(55-49)58-42-21-9-5-16-35(42)37-30-29-36-34-15-4-8-20-41(34)57(47(36)48(37)58)33-27-25-32(26-28-33)51-53-40-19-7-11-23-44(40)60-51/h1-30H. The van der Waals surface area contributed by atoms with E-state index in [4.69, 9.17) is 19.9 Å². The summed E-state index contributed by atoms with van der Waals surface area (Å²) in [6, 6.07) is 64.3. The molecule has 13 aromatic rings. The predicted octanol–water partition coefficient (Wildman–Crippen LogP) is 14.0. The van der Waals surface area contributed by atoms with Crippen LogP contribution in [-0.2, 0) is 0 Å². The molecule has 0 saturated carbocycles. The van der Waals surface area contributed by atoms with Gasteiger partial charge in [-0.2, -0.15) is 9.97 Å². The minimum absolute atomic E-state index is 0.567. The van der Waals surface area contributed by atoms with E-state index in [0.29, 0.717) is 17.6 Å². The summed E-state index contributed by atoms with van der Waals surface area (Å²) in [5, 5.41) is 7.97. The maximum absolute atomic E-state index is 5.47. The van der Waals surface area contributed by atoms with Crippen molar-refractivity contribution in [3.8, 4) is 45.0 Å². The highest BCUT2D eigenvalue weighted by molar-refractivity contribution is 7.26. The summed E-state index contributed by atoms with van der Waals surface area (Å²) < 4.78 is 8.30. The van der Waals surface area contributed by atoms with E-state index in [1.54, 1.807) is 22.7 Å². The molecule has 0 saturated heterocycles. The fourth-order valence-corrected chi connectivity index (χ4v) is 11.1. The number of para-hydroxylation sites is 3. The van der Waals surface area contributed by atoms with Crippen LogP contribution in [0.2, 0.25) is 0 Å². The molecule has 0 bridgehead atoms. The molecular weight excluding hydrogens is 773 g/mol. The lowest BCUT2D eigenvalue weighted by Crippen LogP contribution is -2.07. The number of thiophene rings is 1. The van der Waals surface area contributed by atoms with Gasteiger partial charge in [0.1, 0.15) is 5.01 Å². The van der Waals surface area contributed by atoms with E-state index in [2.05, 4.69) is 167 Å². The number of benzene rings is 8. The fraction of sp³-hybridized carbons (Fsp3) is 0. The highest BCUT2D eigenvalue weighted by atomic mass is 32.1. The van der Waals surface area contributed by atoms with E-state index in [1.807, 2.05) is 24.3 Å². The molecule has 0 atom stereocenters. The summed E-state index contributed by atoms with van der Waals surface area (Å²) >= 11 is 3.52. The van der Waals surface area contributed by atoms with Gasteiger partial charge in [-0.1, -0.05) is 121 Å². The molecule has 60 heavy (non-hydrogen) atoms. The molecule has 0 N–H and O–H groups in total. The number of hydrogen-bond acceptors (Lipinski definition) is 6. The molecule has 13 rings (SSSR count). The van der Waals surface area contributed by atoms with E-state index < -0.39 is 0 Å². The van der Waals surface area contributed by atoms with Crippen LogP contribution in [0.3, 0.4) is 0 Å². The summed E-state index contributed by atoms with van der Waals surface area (Å²) in [5.41, 5.74) is 9.38. The zero-order valence-electron chi connectivity index (χ0n) is 31.8. The van der Waals surface area contributed by atoms with Crippen molar-refractivity contribution in [2.45, 2.75) is 0 Å². The number of thiazole rings is 1. The quantitative estimate of drug-likeness (QED) is 0.174. The Kier molecular flexibility index (Phi) is 7.24. The summed E-state index contributed by atoms with van der Waals surface area (Å²) in [4.78, 5) is 21.0. The Morgan fingerprint density at radius 2 is 0.983 bits per heavy atom. The van der Waals surface area contributed by atoms with Crippen molar-refractivity contribution in [3.63, 3.8) is 0 Å². The second-order valence-corrected chi connectivity index (χ2v) is 17.1. The molecule has 8 heteroatoms. The zero-order valence-corrected chi connectivity index (χ0v) is 33.5. The average Bonchev–Trinajstić information content (AvgIpc) is 4.08. The highest BCUT2D eigenvalue weighted by Gasteiger charge is 2.24. The van der Waals surface area contributed by atoms with Crippen LogP contribution in [-0.4, -0.2) is 29.1 Å². The maximum Gasteiger partial charge on any atom is 0.238 e. The van der Waals surface area contributed by atoms with Gasteiger partial charge in [0.2, 0.25) is 5.95 Å². The molecule has 0 spiro atoms. The van der Waals surface area contributed by atoms with Crippen LogP contribution in [0.5, 0.6) is 0 Å². The Morgan fingerprint density at radius 1 is 0.367 bits per heavy atom. The molecule has 0 aliphatic carbocycles. The fourth-order valence-electron chi connectivity index (χ4n) is 8.99. The van der Waals surface area contributed by atoms with E-state index in [1.165, 1.54) is 24.9 Å². The van der Waals surface area contributed by atoms with E-state index >= 15 is 0 Å². The largest absolute Gasteiger partial charge is 0.307 e. The second-order valence-electron chi connectivity index (χ2n) is 15.0. The molecule has 0 aliphatic heterocycles. The first-order valence-corrected chi connectivity index (χ1v) is 21.5. The Hall–Kier alpha value is -7.52. The zero-order chi connectivity index (χ0) is 39.3. The lowest BCUT2D eigenvalue weighted by molar-refractivity contribution is 0.954. The third-order valence-electron chi connectivity index (χ3n) is 11.6. The van der Waals surface area contributed by atoms with Gasteiger partial charge in [-0.15, -0.1) is 22.7 Å². The topological polar surface area (TPSA) is 61.4 Å². The van der Waals surface area contributed by atoms with Crippen molar-refractivity contribution >= 4 is 96.7 Å². The average molecular weight is 803 g/mol. The van der Waals surface area contributed by atoms with E-state index in [0.717, 1.165) is 76.5 Å². The summed E-state index contributed by atoms with van der Waals surface area (Å²) in [6.45, 7) is 0. The Morgan fingerprint density at radius 3 is 1.75 bits per heavy atom. The van der Waals surface area contributed by atoms with Crippen LogP contribution in [0.1, 0.15) is 0 Å². The van der Waals surface area contributed by atoms with Gasteiger partial charge in [-0.05, 0) is 60.7 Å². The van der Waals surface area contributed by atoms with Crippen LogP contribution in [0.15, 0.2) is 182 Å². The Labute approximate surface area is 350 Å². The van der Waals surface area contributed by atoms with Gasteiger partial charge in [0.05, 0.1) is 32.3 Å². The number of aromatic nitrogens is 6. The molecule has 6 nitrogen and oxygen atoms in total. The molecule has 280 valence electrons. The van der Waals surface area contributed by atoms with Crippen molar-refractivity contribution in [1.29, 1.82) is 0 Å². The molecule has 0 unspecified atom stereocenters. The highest BCUT2D eigenvalue weighted by Crippen LogP contribution is 2.43. The first-order chi connectivity index (χ1) is 29.7. The molecule has 5 aromatic heterocycles. The van der Waals surface area contributed by atoms with Crippen molar-refractivity contribution in [2.75, 3.05) is 0 Å². The first-order valence-electron chi connectivity index (χ1n) is 19.9. The third-order valence-corrected chi connectivity index (χ3v) is 13.9. The van der Waals surface area contributed by atoms with Gasteiger partial charge < -0.3 is 4.57 Å². The Bertz CT molecular complexity index is 3800. The molecule has 0 radical (unpaired) electrons. The number of fused-ring (bicyclic) bond motifs is 11. The minimum atomic E-state index is 0.567. The first kappa shape index (κ1) is 33.5. The van der Waals surface area contributed by atoms with Crippen LogP contribution in [0, 0.1) is 0 Å². The lowest BCUT2D eigenvalue weighted by Gasteiger charge is -2.14. The summed E-state index contributed by atoms with van der Waals surface area (Å²) in [7, 11) is 0. The molecule has 8 aromatic carbocycles. The van der Waals surface area contributed by atoms with Gasteiger partial charge >= 0.3 is 0 Å². The van der Waals surface area contributed by atoms with Gasteiger partial charge in [0.15, 0.2) is 11.6 Å². The monoisotopic (exact) mass is 802 g/mol. The Balaban J connectivity index is 1.12. The number of nitrogens with zero attached hydrogens (tertiary/aromatic N) is 6.